The van der Waals surface area contributed by atoms with Crippen molar-refractivity contribution in [2.45, 2.75) is 32.1 Å². The number of hydrogen-bond acceptors (Lipinski definition) is 6. The second-order valence-corrected chi connectivity index (χ2v) is 6.72. The molecular formula is C16H26N4O3. The summed E-state index contributed by atoms with van der Waals surface area (Å²) in [5, 5.41) is 0. The third-order valence-electron chi connectivity index (χ3n) is 3.60. The Morgan fingerprint density at radius 2 is 2.13 bits per heavy atom. The summed E-state index contributed by atoms with van der Waals surface area (Å²) < 4.78 is 11.6. The van der Waals surface area contributed by atoms with Crippen LogP contribution in [0.25, 0.3) is 0 Å². The minimum Gasteiger partial charge on any atom is -0.369 e. The highest BCUT2D eigenvalue weighted by atomic mass is 16.5. The highest BCUT2D eigenvalue weighted by molar-refractivity contribution is 5.76. The lowest BCUT2D eigenvalue weighted by Gasteiger charge is -2.42. The van der Waals surface area contributed by atoms with Crippen LogP contribution < -0.4 is 0 Å². The Balaban J connectivity index is 1.87. The van der Waals surface area contributed by atoms with Crippen molar-refractivity contribution in [3.63, 3.8) is 0 Å². The maximum Gasteiger partial charge on any atom is 0.248 e. The molecule has 0 aliphatic carbocycles. The largest absolute Gasteiger partial charge is 0.369 e. The molecule has 23 heavy (non-hydrogen) atoms. The molecule has 7 nitrogen and oxygen atoms in total. The van der Waals surface area contributed by atoms with Crippen LogP contribution in [-0.4, -0.2) is 77.8 Å². The average Bonchev–Trinajstić information content (AvgIpc) is 2.46. The number of likely N-dealkylation sites (N-methyl/N-ethyl adjacent to an activating group) is 1. The molecule has 1 aliphatic rings. The molecule has 1 aliphatic heterocycles. The van der Waals surface area contributed by atoms with Gasteiger partial charge in [-0.25, -0.2) is 9.97 Å². The minimum absolute atomic E-state index is 0.0432. The van der Waals surface area contributed by atoms with E-state index in [1.807, 2.05) is 12.4 Å². The van der Waals surface area contributed by atoms with Crippen LogP contribution in [0, 0.1) is 0 Å². The molecule has 7 heteroatoms. The van der Waals surface area contributed by atoms with E-state index in [9.17, 15) is 4.79 Å². The Labute approximate surface area is 137 Å². The molecule has 1 aromatic heterocycles. The standard InChI is InChI=1S/C16H26N4O3/c1-16(2)11-20(7-13-5-17-12-18-6-13)8-14(23-16)9-22-10-15(21)19(3)4/h5-6,12,14H,7-11H2,1-4H3/t14-/m0/s1. The van der Waals surface area contributed by atoms with Crippen LogP contribution >= 0.6 is 0 Å². The highest BCUT2D eigenvalue weighted by Gasteiger charge is 2.33. The SMILES string of the molecule is CN(C)C(=O)COC[C@@H]1CN(Cc2cncnc2)CC(C)(C)O1. The summed E-state index contributed by atoms with van der Waals surface area (Å²) in [4.78, 5) is 23.5. The monoisotopic (exact) mass is 322 g/mol. The van der Waals surface area contributed by atoms with Crippen molar-refractivity contribution in [3.8, 4) is 0 Å². The maximum atomic E-state index is 11.6. The first-order valence-electron chi connectivity index (χ1n) is 7.78. The summed E-state index contributed by atoms with van der Waals surface area (Å²) in [6.45, 7) is 6.99. The molecular weight excluding hydrogens is 296 g/mol. The zero-order valence-electron chi connectivity index (χ0n) is 14.4. The van der Waals surface area contributed by atoms with Crippen molar-refractivity contribution in [1.29, 1.82) is 0 Å². The van der Waals surface area contributed by atoms with Crippen LogP contribution in [-0.2, 0) is 20.8 Å². The van der Waals surface area contributed by atoms with Gasteiger partial charge >= 0.3 is 0 Å². The second kappa shape index (κ2) is 7.81. The molecule has 0 aromatic carbocycles. The molecule has 2 rings (SSSR count). The van der Waals surface area contributed by atoms with E-state index in [1.54, 1.807) is 14.1 Å². The van der Waals surface area contributed by atoms with E-state index in [0.29, 0.717) is 6.61 Å². The van der Waals surface area contributed by atoms with E-state index in [-0.39, 0.29) is 24.2 Å². The number of rotatable bonds is 6. The quantitative estimate of drug-likeness (QED) is 0.762. The molecule has 0 radical (unpaired) electrons. The summed E-state index contributed by atoms with van der Waals surface area (Å²) in [5.74, 6) is -0.0432. The van der Waals surface area contributed by atoms with E-state index >= 15 is 0 Å². The van der Waals surface area contributed by atoms with Gasteiger partial charge in [0.15, 0.2) is 0 Å². The Bertz CT molecular complexity index is 507. The van der Waals surface area contributed by atoms with Gasteiger partial charge in [0, 0.05) is 51.7 Å². The van der Waals surface area contributed by atoms with Crippen molar-refractivity contribution in [1.82, 2.24) is 19.8 Å². The van der Waals surface area contributed by atoms with Crippen LogP contribution in [0.1, 0.15) is 19.4 Å². The van der Waals surface area contributed by atoms with Crippen LogP contribution in [0.2, 0.25) is 0 Å². The Morgan fingerprint density at radius 3 is 2.78 bits per heavy atom. The van der Waals surface area contributed by atoms with Crippen molar-refractivity contribution < 1.29 is 14.3 Å². The van der Waals surface area contributed by atoms with Crippen LogP contribution in [0.5, 0.6) is 0 Å². The summed E-state index contributed by atoms with van der Waals surface area (Å²) in [6, 6.07) is 0. The van der Waals surface area contributed by atoms with Gasteiger partial charge in [-0.3, -0.25) is 9.69 Å². The highest BCUT2D eigenvalue weighted by Crippen LogP contribution is 2.22. The van der Waals surface area contributed by atoms with Crippen LogP contribution in [0.15, 0.2) is 18.7 Å². The Morgan fingerprint density at radius 1 is 1.43 bits per heavy atom. The number of amides is 1. The fourth-order valence-electron chi connectivity index (χ4n) is 2.70. The molecule has 1 saturated heterocycles. The molecule has 0 N–H and O–H groups in total. The molecule has 0 bridgehead atoms. The van der Waals surface area contributed by atoms with Crippen molar-refractivity contribution in [3.05, 3.63) is 24.3 Å². The van der Waals surface area contributed by atoms with Gasteiger partial charge in [0.05, 0.1) is 18.3 Å². The molecule has 0 saturated carbocycles. The third kappa shape index (κ3) is 5.85. The van der Waals surface area contributed by atoms with E-state index in [1.165, 1.54) is 11.2 Å². The topological polar surface area (TPSA) is 67.8 Å². The lowest BCUT2D eigenvalue weighted by Crippen LogP contribution is -2.53. The number of ether oxygens (including phenoxy) is 2. The van der Waals surface area contributed by atoms with Gasteiger partial charge in [-0.15, -0.1) is 0 Å². The van der Waals surface area contributed by atoms with E-state index < -0.39 is 0 Å². The smallest absolute Gasteiger partial charge is 0.248 e. The number of carbonyl (C=O) groups excluding carboxylic acids is 1. The molecule has 0 unspecified atom stereocenters. The van der Waals surface area contributed by atoms with Gasteiger partial charge in [-0.2, -0.15) is 0 Å². The maximum absolute atomic E-state index is 11.6. The summed E-state index contributed by atoms with van der Waals surface area (Å²) >= 11 is 0. The fourth-order valence-corrected chi connectivity index (χ4v) is 2.70. The number of carbonyl (C=O) groups is 1. The van der Waals surface area contributed by atoms with Gasteiger partial charge in [0.2, 0.25) is 5.91 Å². The van der Waals surface area contributed by atoms with Crippen LogP contribution in [0.4, 0.5) is 0 Å². The Kier molecular flexibility index (Phi) is 6.04. The van der Waals surface area contributed by atoms with Gasteiger partial charge < -0.3 is 14.4 Å². The summed E-state index contributed by atoms with van der Waals surface area (Å²) in [6.07, 6.45) is 5.14. The van der Waals surface area contributed by atoms with Gasteiger partial charge in [-0.05, 0) is 13.8 Å². The Hall–Kier alpha value is -1.57. The number of morpholine rings is 1. The molecule has 1 aromatic rings. The molecule has 2 heterocycles. The minimum atomic E-state index is -0.256. The summed E-state index contributed by atoms with van der Waals surface area (Å²) in [7, 11) is 3.44. The first-order chi connectivity index (χ1) is 10.9. The molecule has 128 valence electrons. The number of nitrogens with zero attached hydrogens (tertiary/aromatic N) is 4. The fraction of sp³-hybridized carbons (Fsp3) is 0.688. The lowest BCUT2D eigenvalue weighted by atomic mass is 10.0. The molecule has 1 amide bonds. The zero-order chi connectivity index (χ0) is 16.9. The summed E-state index contributed by atoms with van der Waals surface area (Å²) in [5.41, 5.74) is 0.820. The van der Waals surface area contributed by atoms with Crippen molar-refractivity contribution in [2.75, 3.05) is 40.4 Å². The molecule has 1 fully saturated rings. The predicted molar refractivity (Wildman–Crippen MR) is 85.8 cm³/mol. The van der Waals surface area contributed by atoms with Crippen LogP contribution in [0.3, 0.4) is 0 Å². The van der Waals surface area contributed by atoms with Crippen molar-refractivity contribution >= 4 is 5.91 Å². The number of hydrogen-bond donors (Lipinski definition) is 0. The first kappa shape index (κ1) is 17.8. The second-order valence-electron chi connectivity index (χ2n) is 6.72. The third-order valence-corrected chi connectivity index (χ3v) is 3.60. The van der Waals surface area contributed by atoms with Gasteiger partial charge in [0.1, 0.15) is 12.9 Å². The predicted octanol–water partition coefficient (Wildman–Crippen LogP) is 0.561. The van der Waals surface area contributed by atoms with Gasteiger partial charge in [0.25, 0.3) is 0 Å². The molecule has 1 atom stereocenters. The first-order valence-corrected chi connectivity index (χ1v) is 7.78. The normalized spacial score (nSPS) is 21.1. The molecule has 0 spiro atoms. The zero-order valence-corrected chi connectivity index (χ0v) is 14.4. The van der Waals surface area contributed by atoms with E-state index in [2.05, 4.69) is 28.7 Å². The van der Waals surface area contributed by atoms with E-state index in [0.717, 1.165) is 25.2 Å². The van der Waals surface area contributed by atoms with E-state index in [4.69, 9.17) is 9.47 Å². The number of aromatic nitrogens is 2. The lowest BCUT2D eigenvalue weighted by molar-refractivity contribution is -0.161. The average molecular weight is 322 g/mol. The van der Waals surface area contributed by atoms with Crippen molar-refractivity contribution in [2.24, 2.45) is 0 Å². The van der Waals surface area contributed by atoms with Gasteiger partial charge in [-0.1, -0.05) is 0 Å².